The second-order valence-electron chi connectivity index (χ2n) is 2.09. The highest BCUT2D eigenvalue weighted by atomic mass is 35.5. The number of rotatable bonds is 4. The molecule has 64 valence electrons. The molecule has 0 amide bonds. The van der Waals surface area contributed by atoms with Crippen LogP contribution in [0.2, 0.25) is 9.10 Å². The summed E-state index contributed by atoms with van der Waals surface area (Å²) in [6.45, 7) is 4.32. The molecule has 0 aliphatic heterocycles. The van der Waals surface area contributed by atoms with E-state index in [1.54, 1.807) is 0 Å². The molecule has 0 aromatic rings. The van der Waals surface area contributed by atoms with Crippen LogP contribution in [0.5, 0.6) is 0 Å². The standard InChI is InChI=1S/2C3H7.2ClH.2Mg.H2O/c2*1-3-2;;;;;/h2*1,3H2,2H3;2*1H;;;1H2/q;;;;2*+1;/p-2. The second kappa shape index (κ2) is 22.7. The molecule has 0 radical (unpaired) electrons. The van der Waals surface area contributed by atoms with Gasteiger partial charge < -0.3 is 23.6 Å². The Morgan fingerprint density at radius 3 is 1.18 bits per heavy atom. The largest absolute Gasteiger partial charge is 0.501 e. The van der Waals surface area contributed by atoms with Gasteiger partial charge in [-0.05, 0) is 0 Å². The molecular formula is C6H16Cl2Mg2O. The van der Waals surface area contributed by atoms with Crippen molar-refractivity contribution < 1.29 is 5.48 Å². The Morgan fingerprint density at radius 2 is 1.18 bits per heavy atom. The Morgan fingerprint density at radius 1 is 0.909 bits per heavy atom. The molecule has 0 aromatic heterocycles. The average molecular weight is 224 g/mol. The predicted molar refractivity (Wildman–Crippen MR) is 57.0 cm³/mol. The van der Waals surface area contributed by atoms with Crippen LogP contribution in [0.4, 0.5) is 0 Å². The molecule has 0 saturated heterocycles. The summed E-state index contributed by atoms with van der Waals surface area (Å²) in [7, 11) is 10.9. The third kappa shape index (κ3) is 33.2. The summed E-state index contributed by atoms with van der Waals surface area (Å²) in [5.74, 6) is 0. The Hall–Kier alpha value is 2.07. The zero-order valence-electron chi connectivity index (χ0n) is 7.50. The maximum atomic E-state index is 5.44. The summed E-state index contributed by atoms with van der Waals surface area (Å²) in [5.41, 5.74) is 0. The number of hydrogen-bond acceptors (Lipinski definition) is 0. The first-order valence-electron chi connectivity index (χ1n) is 3.95. The van der Waals surface area contributed by atoms with E-state index in [9.17, 15) is 0 Å². The van der Waals surface area contributed by atoms with Crippen LogP contribution in [0.3, 0.4) is 0 Å². The van der Waals surface area contributed by atoms with E-state index in [1.165, 1.54) is 21.9 Å². The second-order valence-corrected chi connectivity index (χ2v) is 6.52. The molecule has 0 fully saturated rings. The lowest BCUT2D eigenvalue weighted by molar-refractivity contribution is 0.824. The molecule has 0 aliphatic carbocycles. The Bertz CT molecular complexity index is 39.6. The van der Waals surface area contributed by atoms with Gasteiger partial charge in [0.15, 0.2) is 0 Å². The third-order valence-electron chi connectivity index (χ3n) is 0.974. The summed E-state index contributed by atoms with van der Waals surface area (Å²) in [4.78, 5) is 0. The molecule has 0 saturated carbocycles. The highest BCUT2D eigenvalue weighted by molar-refractivity contribution is 6.93. The number of hydrogen-bond donors (Lipinski definition) is 0. The van der Waals surface area contributed by atoms with Crippen molar-refractivity contribution in [2.75, 3.05) is 0 Å². The number of halogens is 2. The van der Waals surface area contributed by atoms with Crippen LogP contribution in [-0.4, -0.2) is 44.0 Å². The van der Waals surface area contributed by atoms with Gasteiger partial charge in [0, 0.05) is 0 Å². The van der Waals surface area contributed by atoms with E-state index in [2.05, 4.69) is 13.8 Å². The summed E-state index contributed by atoms with van der Waals surface area (Å²) < 4.78 is 2.59. The summed E-state index contributed by atoms with van der Waals surface area (Å²) in [6.07, 6.45) is 2.55. The van der Waals surface area contributed by atoms with Crippen molar-refractivity contribution in [2.24, 2.45) is 0 Å². The average Bonchev–Trinajstić information content (AvgIpc) is 1.93. The van der Waals surface area contributed by atoms with E-state index in [1.807, 2.05) is 0 Å². The first-order valence-corrected chi connectivity index (χ1v) is 10.2. The zero-order chi connectivity index (χ0) is 8.24. The predicted octanol–water partition coefficient (Wildman–Crippen LogP) is 2.52. The Labute approximate surface area is 96.9 Å². The van der Waals surface area contributed by atoms with Crippen molar-refractivity contribution >= 4 is 56.7 Å². The van der Waals surface area contributed by atoms with Gasteiger partial charge in [0.05, 0.1) is 0 Å². The van der Waals surface area contributed by atoms with Gasteiger partial charge in [-0.25, -0.2) is 0 Å². The van der Waals surface area contributed by atoms with E-state index in [0.29, 0.717) is 0 Å². The first kappa shape index (κ1) is 18.8. The van der Waals surface area contributed by atoms with Gasteiger partial charge in [0.1, 0.15) is 0 Å². The van der Waals surface area contributed by atoms with Crippen molar-refractivity contribution in [1.82, 2.24) is 0 Å². The van der Waals surface area contributed by atoms with Crippen molar-refractivity contribution in [3.8, 4) is 0 Å². The molecule has 1 nitrogen and oxygen atoms in total. The smallest absolute Gasteiger partial charge is 0.412 e. The fourth-order valence-corrected chi connectivity index (χ4v) is 2.41. The summed E-state index contributed by atoms with van der Waals surface area (Å²) in [5, 5.41) is 0. The molecule has 0 bridgehead atoms. The van der Waals surface area contributed by atoms with Gasteiger partial charge in [0.2, 0.25) is 0 Å². The van der Waals surface area contributed by atoms with E-state index < -0.39 is 0 Å². The minimum Gasteiger partial charge on any atom is -0.412 e. The quantitative estimate of drug-likeness (QED) is 0.656. The monoisotopic (exact) mass is 222 g/mol. The highest BCUT2D eigenvalue weighted by Crippen LogP contribution is 1.85. The van der Waals surface area contributed by atoms with Crippen LogP contribution in [0.15, 0.2) is 0 Å². The topological polar surface area (TPSA) is 31.5 Å². The van der Waals surface area contributed by atoms with Gasteiger partial charge >= 0.3 is 38.5 Å². The molecular weight excluding hydrogens is 208 g/mol. The highest BCUT2D eigenvalue weighted by Gasteiger charge is 1.81. The molecule has 0 heterocycles. The SMILES string of the molecule is CC[CH2][Mg][Cl].CC[CH2][Mg][Cl].O. The lowest BCUT2D eigenvalue weighted by atomic mass is 10.6. The lowest BCUT2D eigenvalue weighted by Gasteiger charge is -1.73. The lowest BCUT2D eigenvalue weighted by Crippen LogP contribution is -1.69. The minimum absolute atomic E-state index is 0. The van der Waals surface area contributed by atoms with Crippen LogP contribution in [0.25, 0.3) is 0 Å². The van der Waals surface area contributed by atoms with Crippen LogP contribution >= 0.6 is 18.1 Å². The molecule has 0 rings (SSSR count). The Kier molecular flexibility index (Phi) is 38.8. The van der Waals surface area contributed by atoms with E-state index in [-0.39, 0.29) is 44.0 Å². The fourth-order valence-electron chi connectivity index (χ4n) is 0.267. The van der Waals surface area contributed by atoms with Crippen molar-refractivity contribution in [3.63, 3.8) is 0 Å². The fraction of sp³-hybridized carbons (Fsp3) is 1.00. The molecule has 2 N–H and O–H groups in total. The maximum absolute atomic E-state index is 5.44. The molecule has 0 aliphatic rings. The van der Waals surface area contributed by atoms with Gasteiger partial charge in [-0.1, -0.05) is 26.7 Å². The molecule has 0 aromatic carbocycles. The van der Waals surface area contributed by atoms with Crippen molar-refractivity contribution in [3.05, 3.63) is 0 Å². The molecule has 5 heteroatoms. The van der Waals surface area contributed by atoms with Crippen LogP contribution in [0, 0.1) is 0 Å². The molecule has 11 heavy (non-hydrogen) atoms. The summed E-state index contributed by atoms with van der Waals surface area (Å²) in [6, 6.07) is 0. The van der Waals surface area contributed by atoms with Crippen LogP contribution in [-0.2, 0) is 0 Å². The van der Waals surface area contributed by atoms with Crippen molar-refractivity contribution in [1.29, 1.82) is 0 Å². The van der Waals surface area contributed by atoms with E-state index >= 15 is 0 Å². The zero-order valence-corrected chi connectivity index (χ0v) is 11.8. The first-order chi connectivity index (χ1) is 4.83. The molecule has 0 atom stereocenters. The normalized spacial score (nSPS) is 6.18. The van der Waals surface area contributed by atoms with Gasteiger partial charge in [0.25, 0.3) is 0 Å². The summed E-state index contributed by atoms with van der Waals surface area (Å²) >= 11 is -0.228. The van der Waals surface area contributed by atoms with E-state index in [4.69, 9.17) is 18.1 Å². The van der Waals surface area contributed by atoms with Gasteiger partial charge in [-0.15, -0.1) is 9.10 Å². The van der Waals surface area contributed by atoms with Crippen LogP contribution < -0.4 is 0 Å². The van der Waals surface area contributed by atoms with Crippen LogP contribution in [0.1, 0.15) is 26.7 Å². The minimum atomic E-state index is -0.114. The third-order valence-corrected chi connectivity index (χ3v) is 4.53. The molecule has 0 spiro atoms. The maximum Gasteiger partial charge on any atom is 0.501 e. The van der Waals surface area contributed by atoms with Gasteiger partial charge in [-0.3, -0.25) is 0 Å². The Balaban J connectivity index is -0.000000107. The van der Waals surface area contributed by atoms with Gasteiger partial charge in [-0.2, -0.15) is 0 Å². The van der Waals surface area contributed by atoms with E-state index in [0.717, 1.165) is 0 Å². The molecule has 0 unspecified atom stereocenters. The van der Waals surface area contributed by atoms with Crippen molar-refractivity contribution in [2.45, 2.75) is 35.8 Å².